The largest absolute Gasteiger partial charge is 0.482 e. The molecule has 0 aliphatic carbocycles. The third-order valence-electron chi connectivity index (χ3n) is 3.29. The number of para-hydroxylation sites is 1. The fourth-order valence-corrected chi connectivity index (χ4v) is 2.96. The molecule has 0 atom stereocenters. The maximum Gasteiger partial charge on any atom is 0.344 e. The molecule has 3 aromatic rings. The molecule has 0 N–H and O–H groups in total. The maximum atomic E-state index is 12.1. The van der Waals surface area contributed by atoms with E-state index in [1.807, 2.05) is 32.0 Å². The summed E-state index contributed by atoms with van der Waals surface area (Å²) in [7, 11) is 0. The van der Waals surface area contributed by atoms with Crippen LogP contribution >= 0.6 is 11.3 Å². The van der Waals surface area contributed by atoms with Crippen molar-refractivity contribution in [2.45, 2.75) is 26.4 Å². The van der Waals surface area contributed by atoms with Crippen LogP contribution in [-0.2, 0) is 16.1 Å². The molecule has 0 unspecified atom stereocenters. The molecule has 0 aliphatic rings. The molecule has 3 rings (SSSR count). The van der Waals surface area contributed by atoms with Gasteiger partial charge in [-0.2, -0.15) is 9.61 Å². The molecule has 0 saturated heterocycles. The summed E-state index contributed by atoms with van der Waals surface area (Å²) in [6, 6.07) is 10.3. The van der Waals surface area contributed by atoms with Gasteiger partial charge in [-0.15, -0.1) is 0 Å². The van der Waals surface area contributed by atoms with Crippen LogP contribution in [-0.4, -0.2) is 27.2 Å². The van der Waals surface area contributed by atoms with Crippen molar-refractivity contribution < 1.29 is 14.3 Å². The first-order chi connectivity index (χ1) is 12.0. The number of ether oxygens (including phenoxy) is 2. The first-order valence-electron chi connectivity index (χ1n) is 7.76. The van der Waals surface area contributed by atoms with Crippen molar-refractivity contribution in [3.05, 3.63) is 57.5 Å². The van der Waals surface area contributed by atoms with E-state index >= 15 is 0 Å². The zero-order valence-corrected chi connectivity index (χ0v) is 14.7. The third-order valence-corrected chi connectivity index (χ3v) is 4.50. The Morgan fingerprint density at radius 1 is 1.28 bits per heavy atom. The predicted molar refractivity (Wildman–Crippen MR) is 93.0 cm³/mol. The minimum atomic E-state index is -0.530. The highest BCUT2D eigenvalue weighted by atomic mass is 32.1. The van der Waals surface area contributed by atoms with Crippen LogP contribution in [0.2, 0.25) is 0 Å². The van der Waals surface area contributed by atoms with E-state index in [1.165, 1.54) is 21.9 Å². The zero-order chi connectivity index (χ0) is 17.8. The first-order valence-corrected chi connectivity index (χ1v) is 8.58. The van der Waals surface area contributed by atoms with E-state index in [0.29, 0.717) is 16.4 Å². The lowest BCUT2D eigenvalue weighted by molar-refractivity contribution is -0.147. The van der Waals surface area contributed by atoms with Gasteiger partial charge in [-0.25, -0.2) is 9.78 Å². The van der Waals surface area contributed by atoms with Crippen LogP contribution in [0, 0.1) is 0 Å². The number of carbonyl (C=O) groups is 1. The van der Waals surface area contributed by atoms with E-state index in [9.17, 15) is 9.59 Å². The first kappa shape index (κ1) is 17.1. The van der Waals surface area contributed by atoms with Crippen molar-refractivity contribution in [3.63, 3.8) is 0 Å². The maximum absolute atomic E-state index is 12.1. The molecule has 0 bridgehead atoms. The van der Waals surface area contributed by atoms with Crippen LogP contribution in [0.15, 0.2) is 41.2 Å². The van der Waals surface area contributed by atoms with Gasteiger partial charge in [0.1, 0.15) is 17.4 Å². The molecule has 2 aromatic heterocycles. The Bertz CT molecular complexity index is 934. The smallest absolute Gasteiger partial charge is 0.344 e. The van der Waals surface area contributed by atoms with Gasteiger partial charge < -0.3 is 9.47 Å². The quantitative estimate of drug-likeness (QED) is 0.629. The normalized spacial score (nSPS) is 11.0. The van der Waals surface area contributed by atoms with Crippen LogP contribution < -0.4 is 10.3 Å². The van der Waals surface area contributed by atoms with Gasteiger partial charge in [0.2, 0.25) is 4.96 Å². The SMILES string of the molecule is CC(C)c1nn2c(=O)cc(COC(=O)COc3ccccc3)nc2s1. The molecule has 1 aromatic carbocycles. The van der Waals surface area contributed by atoms with Gasteiger partial charge in [0.15, 0.2) is 6.61 Å². The molecule has 7 nitrogen and oxygen atoms in total. The topological polar surface area (TPSA) is 82.8 Å². The number of carbonyl (C=O) groups excluding carboxylic acids is 1. The molecule has 8 heteroatoms. The summed E-state index contributed by atoms with van der Waals surface area (Å²) < 4.78 is 11.7. The average molecular weight is 359 g/mol. The van der Waals surface area contributed by atoms with Gasteiger partial charge in [0.05, 0.1) is 5.69 Å². The number of nitrogens with zero attached hydrogens (tertiary/aromatic N) is 3. The number of benzene rings is 1. The van der Waals surface area contributed by atoms with Crippen molar-refractivity contribution in [1.82, 2.24) is 14.6 Å². The van der Waals surface area contributed by atoms with Crippen LogP contribution in [0.1, 0.15) is 30.5 Å². The molecule has 0 amide bonds. The molecule has 0 spiro atoms. The predicted octanol–water partition coefficient (Wildman–Crippen LogP) is 2.40. The Kier molecular flexibility index (Phi) is 5.08. The van der Waals surface area contributed by atoms with Gasteiger partial charge in [0.25, 0.3) is 5.56 Å². The Morgan fingerprint density at radius 3 is 2.76 bits per heavy atom. The van der Waals surface area contributed by atoms with Gasteiger partial charge in [-0.1, -0.05) is 43.4 Å². The van der Waals surface area contributed by atoms with Crippen LogP contribution in [0.4, 0.5) is 0 Å². The average Bonchev–Trinajstić information content (AvgIpc) is 3.04. The van der Waals surface area contributed by atoms with Crippen molar-refractivity contribution >= 4 is 22.3 Å². The van der Waals surface area contributed by atoms with Crippen LogP contribution in [0.5, 0.6) is 5.75 Å². The number of aromatic nitrogens is 3. The number of esters is 1. The lowest BCUT2D eigenvalue weighted by Gasteiger charge is -2.06. The Balaban J connectivity index is 1.62. The summed E-state index contributed by atoms with van der Waals surface area (Å²) in [5.74, 6) is 0.267. The summed E-state index contributed by atoms with van der Waals surface area (Å²) in [5, 5.41) is 5.07. The number of hydrogen-bond acceptors (Lipinski definition) is 7. The Morgan fingerprint density at radius 2 is 2.04 bits per heavy atom. The molecule has 25 heavy (non-hydrogen) atoms. The van der Waals surface area contributed by atoms with E-state index in [1.54, 1.807) is 12.1 Å². The lowest BCUT2D eigenvalue weighted by atomic mass is 10.2. The molecular formula is C17H17N3O4S. The highest BCUT2D eigenvalue weighted by molar-refractivity contribution is 7.16. The minimum Gasteiger partial charge on any atom is -0.482 e. The summed E-state index contributed by atoms with van der Waals surface area (Å²) in [5.41, 5.74) is 0.0942. The van der Waals surface area contributed by atoms with Crippen molar-refractivity contribution in [2.75, 3.05) is 6.61 Å². The van der Waals surface area contributed by atoms with E-state index in [2.05, 4.69) is 10.1 Å². The highest BCUT2D eigenvalue weighted by Crippen LogP contribution is 2.19. The van der Waals surface area contributed by atoms with Crippen molar-refractivity contribution in [3.8, 4) is 5.75 Å². The summed E-state index contributed by atoms with van der Waals surface area (Å²) in [4.78, 5) is 28.7. The fraction of sp³-hybridized carbons (Fsp3) is 0.294. The lowest BCUT2D eigenvalue weighted by Crippen LogP contribution is -2.18. The third kappa shape index (κ3) is 4.21. The van der Waals surface area contributed by atoms with Gasteiger partial charge in [0, 0.05) is 12.0 Å². The second-order valence-corrected chi connectivity index (χ2v) is 6.63. The van der Waals surface area contributed by atoms with E-state index < -0.39 is 5.97 Å². The second-order valence-electron chi connectivity index (χ2n) is 5.64. The fourth-order valence-electron chi connectivity index (χ4n) is 2.03. The molecular weight excluding hydrogens is 342 g/mol. The molecule has 0 saturated carbocycles. The number of fused-ring (bicyclic) bond motifs is 1. The summed E-state index contributed by atoms with van der Waals surface area (Å²) in [6.45, 7) is 3.71. The highest BCUT2D eigenvalue weighted by Gasteiger charge is 2.12. The molecule has 0 radical (unpaired) electrons. The molecule has 0 aliphatic heterocycles. The van der Waals surface area contributed by atoms with Crippen molar-refractivity contribution in [2.24, 2.45) is 0 Å². The van der Waals surface area contributed by atoms with Crippen LogP contribution in [0.3, 0.4) is 0 Å². The number of rotatable bonds is 6. The minimum absolute atomic E-state index is 0.0857. The number of hydrogen-bond donors (Lipinski definition) is 0. The molecule has 0 fully saturated rings. The standard InChI is InChI=1S/C17H17N3O4S/c1-11(2)16-19-20-14(21)8-12(18-17(20)25-16)9-24-15(22)10-23-13-6-4-3-5-7-13/h3-8,11H,9-10H2,1-2H3. The molecule has 2 heterocycles. The van der Waals surface area contributed by atoms with Crippen molar-refractivity contribution in [1.29, 1.82) is 0 Å². The molecule has 130 valence electrons. The van der Waals surface area contributed by atoms with Gasteiger partial charge in [-0.05, 0) is 12.1 Å². The van der Waals surface area contributed by atoms with Gasteiger partial charge in [-0.3, -0.25) is 4.79 Å². The van der Waals surface area contributed by atoms with Gasteiger partial charge >= 0.3 is 5.97 Å². The zero-order valence-electron chi connectivity index (χ0n) is 13.8. The Labute approximate surface area is 147 Å². The van der Waals surface area contributed by atoms with E-state index in [0.717, 1.165) is 5.01 Å². The van der Waals surface area contributed by atoms with E-state index in [-0.39, 0.29) is 24.7 Å². The monoisotopic (exact) mass is 359 g/mol. The van der Waals surface area contributed by atoms with Crippen LogP contribution in [0.25, 0.3) is 4.96 Å². The Hall–Kier alpha value is -2.74. The second kappa shape index (κ2) is 7.43. The van der Waals surface area contributed by atoms with E-state index in [4.69, 9.17) is 9.47 Å². The summed E-state index contributed by atoms with van der Waals surface area (Å²) in [6.07, 6.45) is 0. The summed E-state index contributed by atoms with van der Waals surface area (Å²) >= 11 is 1.35.